The average Bonchev–Trinajstić information content (AvgIpc) is 3.15. The highest BCUT2D eigenvalue weighted by atomic mass is 16.2. The minimum absolute atomic E-state index is 0.165. The molecular formula is C24H16N2O3. The molecule has 3 aromatic rings. The van der Waals surface area contributed by atoms with Crippen LogP contribution in [0.2, 0.25) is 0 Å². The van der Waals surface area contributed by atoms with Crippen LogP contribution >= 0.6 is 0 Å². The quantitative estimate of drug-likeness (QED) is 0.615. The standard InChI is InChI=1S/C24H16N2O3/c1-14-22(27)17-12-11-15(13-19(17)23(14)28)25-21-18-9-5-6-10-20(18)26(24(21)29)16-7-3-2-4-8-16/h2-14H,1H3. The van der Waals surface area contributed by atoms with Gasteiger partial charge in [0.2, 0.25) is 0 Å². The van der Waals surface area contributed by atoms with Gasteiger partial charge in [-0.3, -0.25) is 19.3 Å². The van der Waals surface area contributed by atoms with E-state index in [1.54, 1.807) is 30.0 Å². The van der Waals surface area contributed by atoms with E-state index in [1.807, 2.05) is 54.6 Å². The Morgan fingerprint density at radius 2 is 1.45 bits per heavy atom. The highest BCUT2D eigenvalue weighted by Crippen LogP contribution is 2.37. The minimum Gasteiger partial charge on any atom is -0.293 e. The van der Waals surface area contributed by atoms with Crippen LogP contribution < -0.4 is 4.90 Å². The lowest BCUT2D eigenvalue weighted by atomic mass is 10.1. The van der Waals surface area contributed by atoms with Gasteiger partial charge in [-0.15, -0.1) is 0 Å². The number of hydrogen-bond donors (Lipinski definition) is 0. The van der Waals surface area contributed by atoms with Crippen LogP contribution in [-0.4, -0.2) is 23.2 Å². The van der Waals surface area contributed by atoms with Gasteiger partial charge in [0, 0.05) is 22.4 Å². The van der Waals surface area contributed by atoms with Crippen LogP contribution in [0.4, 0.5) is 17.1 Å². The van der Waals surface area contributed by atoms with E-state index in [2.05, 4.69) is 4.99 Å². The van der Waals surface area contributed by atoms with Gasteiger partial charge >= 0.3 is 0 Å². The van der Waals surface area contributed by atoms with Gasteiger partial charge < -0.3 is 0 Å². The van der Waals surface area contributed by atoms with Crippen molar-refractivity contribution in [3.8, 4) is 0 Å². The monoisotopic (exact) mass is 380 g/mol. The van der Waals surface area contributed by atoms with Gasteiger partial charge in [0.15, 0.2) is 11.6 Å². The van der Waals surface area contributed by atoms with Crippen molar-refractivity contribution in [1.82, 2.24) is 0 Å². The van der Waals surface area contributed by atoms with Gasteiger partial charge in [0.25, 0.3) is 5.91 Å². The zero-order valence-electron chi connectivity index (χ0n) is 15.6. The van der Waals surface area contributed by atoms with Crippen molar-refractivity contribution < 1.29 is 14.4 Å². The maximum Gasteiger partial charge on any atom is 0.282 e. The molecule has 0 N–H and O–H groups in total. The molecule has 0 bridgehead atoms. The summed E-state index contributed by atoms with van der Waals surface area (Å²) in [6, 6.07) is 21.8. The van der Waals surface area contributed by atoms with Crippen molar-refractivity contribution in [3.63, 3.8) is 0 Å². The first kappa shape index (κ1) is 17.3. The first-order chi connectivity index (χ1) is 14.1. The maximum atomic E-state index is 13.2. The lowest BCUT2D eigenvalue weighted by molar-refractivity contribution is -0.111. The summed E-state index contributed by atoms with van der Waals surface area (Å²) in [6.07, 6.45) is 0. The van der Waals surface area contributed by atoms with E-state index in [4.69, 9.17) is 0 Å². The van der Waals surface area contributed by atoms with E-state index >= 15 is 0 Å². The van der Waals surface area contributed by atoms with Gasteiger partial charge in [-0.2, -0.15) is 0 Å². The Balaban J connectivity index is 1.62. The molecule has 0 spiro atoms. The summed E-state index contributed by atoms with van der Waals surface area (Å²) in [7, 11) is 0. The molecule has 0 saturated carbocycles. The number of carbonyl (C=O) groups excluding carboxylic acids is 3. The van der Waals surface area contributed by atoms with Gasteiger partial charge in [0.1, 0.15) is 5.71 Å². The molecule has 1 unspecified atom stereocenters. The number of ketones is 2. The summed E-state index contributed by atoms with van der Waals surface area (Å²) in [6.45, 7) is 1.62. The Hall–Kier alpha value is -3.86. The normalized spacial score (nSPS) is 19.1. The summed E-state index contributed by atoms with van der Waals surface area (Å²) in [5.74, 6) is -1.25. The number of rotatable bonds is 2. The second-order valence-corrected chi connectivity index (χ2v) is 7.13. The Bertz CT molecular complexity index is 1230. The predicted molar refractivity (Wildman–Crippen MR) is 110 cm³/mol. The summed E-state index contributed by atoms with van der Waals surface area (Å²) >= 11 is 0. The van der Waals surface area contributed by atoms with Crippen LogP contribution in [0.5, 0.6) is 0 Å². The minimum atomic E-state index is -0.657. The third-order valence-electron chi connectivity index (χ3n) is 5.38. The third-order valence-corrected chi connectivity index (χ3v) is 5.38. The fraction of sp³-hybridized carbons (Fsp3) is 0.0833. The van der Waals surface area contributed by atoms with Crippen molar-refractivity contribution in [2.75, 3.05) is 4.90 Å². The number of benzene rings is 3. The molecule has 5 heteroatoms. The highest BCUT2D eigenvalue weighted by Gasteiger charge is 2.36. The van der Waals surface area contributed by atoms with E-state index in [0.29, 0.717) is 22.5 Å². The number of aliphatic imine (C=N–C) groups is 1. The number of amides is 1. The van der Waals surface area contributed by atoms with E-state index < -0.39 is 5.92 Å². The van der Waals surface area contributed by atoms with E-state index in [-0.39, 0.29) is 17.5 Å². The lowest BCUT2D eigenvalue weighted by Gasteiger charge is -2.16. The number of anilines is 2. The highest BCUT2D eigenvalue weighted by molar-refractivity contribution is 6.56. The van der Waals surface area contributed by atoms with E-state index in [1.165, 1.54) is 0 Å². The smallest absolute Gasteiger partial charge is 0.282 e. The molecular weight excluding hydrogens is 364 g/mol. The zero-order valence-corrected chi connectivity index (χ0v) is 15.6. The molecule has 1 heterocycles. The van der Waals surface area contributed by atoms with Crippen LogP contribution in [0.25, 0.3) is 0 Å². The number of nitrogens with zero attached hydrogens (tertiary/aromatic N) is 2. The predicted octanol–water partition coefficient (Wildman–Crippen LogP) is 4.50. The lowest BCUT2D eigenvalue weighted by Crippen LogP contribution is -2.25. The Morgan fingerprint density at radius 3 is 2.24 bits per heavy atom. The third kappa shape index (κ3) is 2.55. The van der Waals surface area contributed by atoms with Gasteiger partial charge in [-0.25, -0.2) is 4.99 Å². The fourth-order valence-electron chi connectivity index (χ4n) is 3.88. The van der Waals surface area contributed by atoms with Crippen LogP contribution in [-0.2, 0) is 4.79 Å². The second-order valence-electron chi connectivity index (χ2n) is 7.13. The van der Waals surface area contributed by atoms with Crippen molar-refractivity contribution in [2.24, 2.45) is 10.9 Å². The molecule has 140 valence electrons. The van der Waals surface area contributed by atoms with Crippen LogP contribution in [0.15, 0.2) is 77.8 Å². The van der Waals surface area contributed by atoms with Gasteiger partial charge in [-0.1, -0.05) is 36.4 Å². The van der Waals surface area contributed by atoms with Gasteiger partial charge in [-0.05, 0) is 43.3 Å². The number of fused-ring (bicyclic) bond motifs is 2. The number of para-hydroxylation sites is 2. The first-order valence-corrected chi connectivity index (χ1v) is 9.36. The number of Topliss-reactive ketones (excluding diaryl/α,β-unsaturated/α-hetero) is 2. The SMILES string of the molecule is CC1C(=O)c2ccc(N=C3C(=O)N(c4ccccc4)c4ccccc43)cc2C1=O. The van der Waals surface area contributed by atoms with Crippen molar-refractivity contribution in [2.45, 2.75) is 6.92 Å². The molecule has 1 amide bonds. The molecule has 1 aliphatic heterocycles. The molecule has 0 fully saturated rings. The van der Waals surface area contributed by atoms with Crippen LogP contribution in [0.3, 0.4) is 0 Å². The molecule has 3 aromatic carbocycles. The maximum absolute atomic E-state index is 13.2. The van der Waals surface area contributed by atoms with E-state index in [0.717, 1.165) is 16.9 Å². The Morgan fingerprint density at radius 1 is 0.759 bits per heavy atom. The summed E-state index contributed by atoms with van der Waals surface area (Å²) < 4.78 is 0. The largest absolute Gasteiger partial charge is 0.293 e. The number of carbonyl (C=O) groups is 3. The van der Waals surface area contributed by atoms with Crippen LogP contribution in [0.1, 0.15) is 33.2 Å². The first-order valence-electron chi connectivity index (χ1n) is 9.36. The molecule has 29 heavy (non-hydrogen) atoms. The Kier molecular flexibility index (Phi) is 3.77. The molecule has 0 saturated heterocycles. The second kappa shape index (κ2) is 6.34. The Labute approximate surface area is 167 Å². The van der Waals surface area contributed by atoms with Crippen LogP contribution in [0, 0.1) is 5.92 Å². The molecule has 0 aromatic heterocycles. The fourth-order valence-corrected chi connectivity index (χ4v) is 3.88. The topological polar surface area (TPSA) is 66.8 Å². The summed E-state index contributed by atoms with van der Waals surface area (Å²) in [4.78, 5) is 44.0. The van der Waals surface area contributed by atoms with Gasteiger partial charge in [0.05, 0.1) is 17.3 Å². The average molecular weight is 380 g/mol. The number of hydrogen-bond acceptors (Lipinski definition) is 4. The molecule has 1 atom stereocenters. The summed E-state index contributed by atoms with van der Waals surface area (Å²) in [5.41, 5.74) is 3.86. The zero-order chi connectivity index (χ0) is 20.1. The van der Waals surface area contributed by atoms with E-state index in [9.17, 15) is 14.4 Å². The molecule has 5 rings (SSSR count). The molecule has 0 radical (unpaired) electrons. The molecule has 2 aliphatic rings. The molecule has 5 nitrogen and oxygen atoms in total. The van der Waals surface area contributed by atoms with Crippen molar-refractivity contribution in [3.05, 3.63) is 89.5 Å². The molecule has 1 aliphatic carbocycles. The summed E-state index contributed by atoms with van der Waals surface area (Å²) in [5, 5.41) is 0. The van der Waals surface area contributed by atoms with Crippen molar-refractivity contribution in [1.29, 1.82) is 0 Å². The van der Waals surface area contributed by atoms with Crippen molar-refractivity contribution >= 4 is 40.2 Å².